The fourth-order valence-corrected chi connectivity index (χ4v) is 5.99. The van der Waals surface area contributed by atoms with Crippen LogP contribution in [0, 0.1) is 11.8 Å². The summed E-state index contributed by atoms with van der Waals surface area (Å²) in [5.41, 5.74) is 0.168. The molecule has 0 aromatic heterocycles. The average molecular weight is 495 g/mol. The van der Waals surface area contributed by atoms with Crippen LogP contribution in [0.3, 0.4) is 0 Å². The molecule has 9 nitrogen and oxygen atoms in total. The molecule has 3 heterocycles. The third-order valence-electron chi connectivity index (χ3n) is 7.57. The van der Waals surface area contributed by atoms with Gasteiger partial charge in [-0.2, -0.15) is 0 Å². The number of fused-ring (bicyclic) bond motifs is 5. The predicted octanol–water partition coefficient (Wildman–Crippen LogP) is 2.58. The molecule has 2 amide bonds. The lowest BCUT2D eigenvalue weighted by atomic mass is 9.77. The average Bonchev–Trinajstić information content (AvgIpc) is 3.17. The molecule has 0 saturated carbocycles. The zero-order chi connectivity index (χ0) is 25.6. The Labute approximate surface area is 209 Å². The fourth-order valence-electron chi connectivity index (χ4n) is 5.99. The first kappa shape index (κ1) is 24.0. The number of esters is 1. The highest BCUT2D eigenvalue weighted by molar-refractivity contribution is 6.02. The molecule has 2 aromatic rings. The monoisotopic (exact) mass is 494 g/mol. The van der Waals surface area contributed by atoms with Crippen molar-refractivity contribution in [3.8, 4) is 17.2 Å². The van der Waals surface area contributed by atoms with E-state index in [-0.39, 0.29) is 38.1 Å². The van der Waals surface area contributed by atoms with Crippen LogP contribution in [-0.2, 0) is 25.7 Å². The zero-order valence-electron chi connectivity index (χ0n) is 20.9. The summed E-state index contributed by atoms with van der Waals surface area (Å²) in [6.45, 7) is 3.94. The van der Waals surface area contributed by atoms with E-state index in [0.717, 1.165) is 11.1 Å². The molecule has 3 aliphatic rings. The van der Waals surface area contributed by atoms with Gasteiger partial charge in [0.05, 0.1) is 39.4 Å². The first-order valence-electron chi connectivity index (χ1n) is 12.0. The molecule has 0 aliphatic carbocycles. The summed E-state index contributed by atoms with van der Waals surface area (Å²) in [5.74, 6) is -0.396. The third kappa shape index (κ3) is 3.56. The van der Waals surface area contributed by atoms with Crippen LogP contribution in [0.5, 0.6) is 17.2 Å². The Hall–Kier alpha value is -3.75. The van der Waals surface area contributed by atoms with Gasteiger partial charge in [-0.25, -0.2) is 0 Å². The fraction of sp³-hybridized carbons (Fsp3) is 0.444. The highest BCUT2D eigenvalue weighted by Crippen LogP contribution is 2.57. The van der Waals surface area contributed by atoms with E-state index in [2.05, 4.69) is 0 Å². The molecule has 190 valence electrons. The van der Waals surface area contributed by atoms with Crippen LogP contribution in [0.25, 0.3) is 0 Å². The lowest BCUT2D eigenvalue weighted by molar-refractivity contribution is -0.170. The number of ether oxygens (including phenoxy) is 4. The number of hydrogen-bond acceptors (Lipinski definition) is 7. The third-order valence-corrected chi connectivity index (χ3v) is 7.57. The van der Waals surface area contributed by atoms with Crippen LogP contribution < -0.4 is 14.2 Å². The topological polar surface area (TPSA) is 94.6 Å². The van der Waals surface area contributed by atoms with Crippen LogP contribution in [0.15, 0.2) is 42.5 Å². The Morgan fingerprint density at radius 3 is 2.44 bits per heavy atom. The second-order valence-corrected chi connectivity index (χ2v) is 9.47. The Bertz CT molecular complexity index is 1200. The van der Waals surface area contributed by atoms with E-state index < -0.39 is 29.4 Å². The van der Waals surface area contributed by atoms with Gasteiger partial charge < -0.3 is 28.7 Å². The van der Waals surface area contributed by atoms with Crippen molar-refractivity contribution in [1.29, 1.82) is 0 Å². The summed E-state index contributed by atoms with van der Waals surface area (Å²) >= 11 is 0. The van der Waals surface area contributed by atoms with E-state index in [1.165, 1.54) is 4.90 Å². The number of methoxy groups -OCH3 is 2. The second-order valence-electron chi connectivity index (χ2n) is 9.47. The number of benzene rings is 2. The van der Waals surface area contributed by atoms with Crippen molar-refractivity contribution in [3.05, 3.63) is 53.6 Å². The SMILES string of the molecule is CCOC(=O)[C@H]1[C@H]2COc3ccc(OC)cc3[C@@H]2N2C(=O)CN(Cc3ccc(OC)cc3)C(=O)[C@@]12C. The molecule has 3 aliphatic heterocycles. The van der Waals surface area contributed by atoms with E-state index in [9.17, 15) is 14.4 Å². The molecule has 0 spiro atoms. The van der Waals surface area contributed by atoms with Crippen LogP contribution in [-0.4, -0.2) is 67.1 Å². The number of carbonyl (C=O) groups is 3. The lowest BCUT2D eigenvalue weighted by Crippen LogP contribution is -2.67. The summed E-state index contributed by atoms with van der Waals surface area (Å²) in [5, 5.41) is 0. The summed E-state index contributed by atoms with van der Waals surface area (Å²) < 4.78 is 22.1. The largest absolute Gasteiger partial charge is 0.497 e. The maximum atomic E-state index is 14.1. The molecule has 2 fully saturated rings. The van der Waals surface area contributed by atoms with E-state index in [1.54, 1.807) is 45.1 Å². The molecule has 2 aromatic carbocycles. The molecular formula is C27H30N2O7. The van der Waals surface area contributed by atoms with E-state index in [1.807, 2.05) is 30.3 Å². The highest BCUT2D eigenvalue weighted by atomic mass is 16.5. The summed E-state index contributed by atoms with van der Waals surface area (Å²) in [4.78, 5) is 44.4. The molecule has 36 heavy (non-hydrogen) atoms. The van der Waals surface area contributed by atoms with Crippen molar-refractivity contribution >= 4 is 17.8 Å². The second kappa shape index (κ2) is 9.04. The van der Waals surface area contributed by atoms with Crippen molar-refractivity contribution in [2.24, 2.45) is 11.8 Å². The number of piperazine rings is 1. The standard InChI is InChI=1S/C27H30N2O7/c1-5-35-25(31)23-20-15-36-21-11-10-18(34-4)12-19(21)24(20)29-22(30)14-28(26(32)27(23,29)2)13-16-6-8-17(33-3)9-7-16/h6-12,20,23-24H,5,13-15H2,1-4H3/t20-,23-,24+,27-/m1/s1. The van der Waals surface area contributed by atoms with Crippen LogP contribution in [0.2, 0.25) is 0 Å². The first-order chi connectivity index (χ1) is 17.3. The van der Waals surface area contributed by atoms with Crippen LogP contribution in [0.1, 0.15) is 31.0 Å². The Morgan fingerprint density at radius 1 is 1.08 bits per heavy atom. The quantitative estimate of drug-likeness (QED) is 0.570. The number of carbonyl (C=O) groups excluding carboxylic acids is 3. The van der Waals surface area contributed by atoms with Crippen LogP contribution in [0.4, 0.5) is 0 Å². The van der Waals surface area contributed by atoms with Crippen molar-refractivity contribution in [2.75, 3.05) is 34.0 Å². The minimum absolute atomic E-state index is 0.0840. The lowest BCUT2D eigenvalue weighted by Gasteiger charge is -2.47. The van der Waals surface area contributed by atoms with Crippen molar-refractivity contribution in [1.82, 2.24) is 9.80 Å². The predicted molar refractivity (Wildman–Crippen MR) is 129 cm³/mol. The summed E-state index contributed by atoms with van der Waals surface area (Å²) in [6, 6.07) is 12.2. The summed E-state index contributed by atoms with van der Waals surface area (Å²) in [7, 11) is 3.15. The Balaban J connectivity index is 1.57. The minimum Gasteiger partial charge on any atom is -0.497 e. The van der Waals surface area contributed by atoms with Gasteiger partial charge in [-0.15, -0.1) is 0 Å². The van der Waals surface area contributed by atoms with Gasteiger partial charge in [0, 0.05) is 18.0 Å². The molecule has 9 heteroatoms. The smallest absolute Gasteiger partial charge is 0.312 e. The Kier molecular flexibility index (Phi) is 6.02. The maximum Gasteiger partial charge on any atom is 0.312 e. The minimum atomic E-state index is -1.42. The Morgan fingerprint density at radius 2 is 1.78 bits per heavy atom. The van der Waals surface area contributed by atoms with Crippen LogP contribution >= 0.6 is 0 Å². The van der Waals surface area contributed by atoms with Gasteiger partial charge in [0.15, 0.2) is 0 Å². The van der Waals surface area contributed by atoms with Gasteiger partial charge >= 0.3 is 5.97 Å². The molecule has 0 N–H and O–H groups in total. The normalized spacial score (nSPS) is 26.5. The van der Waals surface area contributed by atoms with Gasteiger partial charge in [0.1, 0.15) is 29.3 Å². The molecule has 2 saturated heterocycles. The number of nitrogens with zero attached hydrogens (tertiary/aromatic N) is 2. The summed E-state index contributed by atoms with van der Waals surface area (Å²) in [6.07, 6.45) is 0. The molecular weight excluding hydrogens is 464 g/mol. The maximum absolute atomic E-state index is 14.1. The van der Waals surface area contributed by atoms with Gasteiger partial charge in [-0.1, -0.05) is 12.1 Å². The number of hydrogen-bond donors (Lipinski definition) is 0. The first-order valence-corrected chi connectivity index (χ1v) is 12.0. The van der Waals surface area contributed by atoms with E-state index in [0.29, 0.717) is 17.2 Å². The van der Waals surface area contributed by atoms with Crippen molar-refractivity contribution in [2.45, 2.75) is 32.0 Å². The van der Waals surface area contributed by atoms with Crippen molar-refractivity contribution in [3.63, 3.8) is 0 Å². The van der Waals surface area contributed by atoms with Gasteiger partial charge in [-0.3, -0.25) is 14.4 Å². The van der Waals surface area contributed by atoms with Gasteiger partial charge in [0.2, 0.25) is 11.8 Å². The molecule has 0 bridgehead atoms. The molecule has 4 atom stereocenters. The molecule has 0 radical (unpaired) electrons. The number of amides is 2. The number of rotatable bonds is 6. The van der Waals surface area contributed by atoms with Gasteiger partial charge in [-0.05, 0) is 49.7 Å². The highest BCUT2D eigenvalue weighted by Gasteiger charge is 2.69. The van der Waals surface area contributed by atoms with E-state index >= 15 is 0 Å². The van der Waals surface area contributed by atoms with E-state index in [4.69, 9.17) is 18.9 Å². The molecule has 0 unspecified atom stereocenters. The zero-order valence-corrected chi connectivity index (χ0v) is 20.9. The van der Waals surface area contributed by atoms with Crippen molar-refractivity contribution < 1.29 is 33.3 Å². The molecule has 5 rings (SSSR count). The van der Waals surface area contributed by atoms with Gasteiger partial charge in [0.25, 0.3) is 0 Å².